The Morgan fingerprint density at radius 2 is 0.857 bits per heavy atom. The molecule has 4 heteroatoms. The molecule has 4 aromatic heterocycles. The molecule has 294 valence electrons. The largest absolute Gasteiger partial charge is 0.455 e. The van der Waals surface area contributed by atoms with Crippen molar-refractivity contribution < 1.29 is 4.42 Å². The zero-order chi connectivity index (χ0) is 41.4. The van der Waals surface area contributed by atoms with E-state index in [9.17, 15) is 0 Å². The summed E-state index contributed by atoms with van der Waals surface area (Å²) in [6.45, 7) is 0. The standard InChI is InChI=1S/C59H37N3O/c1-3-14-38(15-4-1)52-24-13-25-53(60-52)42-16-11-19-44(34-42)62-55-33-30-39(40-28-31-47-46-20-7-9-26-54(46)61(56(47)36-40)43-17-5-2-6-18-43)35-51(55)48-32-29-41(37-57(48)62)45-22-12-23-50-49-21-8-10-27-58(49)63-59(45)50/h1-37H. The van der Waals surface area contributed by atoms with E-state index in [4.69, 9.17) is 9.40 Å². The van der Waals surface area contributed by atoms with Gasteiger partial charge in [0.25, 0.3) is 0 Å². The van der Waals surface area contributed by atoms with Gasteiger partial charge in [-0.3, -0.25) is 0 Å². The summed E-state index contributed by atoms with van der Waals surface area (Å²) in [4.78, 5) is 5.15. The molecule has 0 N–H and O–H groups in total. The van der Waals surface area contributed by atoms with Crippen LogP contribution in [0.2, 0.25) is 0 Å². The molecule has 13 rings (SSSR count). The van der Waals surface area contributed by atoms with Gasteiger partial charge in [-0.05, 0) is 89.5 Å². The van der Waals surface area contributed by atoms with Gasteiger partial charge in [-0.1, -0.05) is 152 Å². The van der Waals surface area contributed by atoms with Crippen LogP contribution in [0.3, 0.4) is 0 Å². The average molecular weight is 804 g/mol. The first-order chi connectivity index (χ1) is 31.2. The Morgan fingerprint density at radius 3 is 1.71 bits per heavy atom. The van der Waals surface area contributed by atoms with Crippen LogP contribution in [0.4, 0.5) is 0 Å². The van der Waals surface area contributed by atoms with Crippen molar-refractivity contribution in [3.8, 4) is 56.1 Å². The maximum absolute atomic E-state index is 6.57. The Labute approximate surface area is 363 Å². The maximum Gasteiger partial charge on any atom is 0.143 e. The third-order valence-corrected chi connectivity index (χ3v) is 12.7. The summed E-state index contributed by atoms with van der Waals surface area (Å²) in [5.41, 5.74) is 17.2. The van der Waals surface area contributed by atoms with E-state index >= 15 is 0 Å². The van der Waals surface area contributed by atoms with Crippen LogP contribution in [0.25, 0.3) is 122 Å². The Morgan fingerprint density at radius 1 is 0.302 bits per heavy atom. The first-order valence-electron chi connectivity index (χ1n) is 21.4. The SMILES string of the molecule is c1ccc(-c2cccc(-c3cccc(-n4c5ccc(-c6ccc7c8ccccc8n(-c8ccccc8)c7c6)cc5c5ccc(-c6cccc7c6oc6ccccc67)cc54)c3)n2)cc1. The van der Waals surface area contributed by atoms with Gasteiger partial charge in [0.05, 0.1) is 33.5 Å². The second-order valence-corrected chi connectivity index (χ2v) is 16.3. The number of aromatic nitrogens is 3. The number of fused-ring (bicyclic) bond motifs is 9. The maximum atomic E-state index is 6.57. The van der Waals surface area contributed by atoms with Crippen molar-refractivity contribution in [2.24, 2.45) is 0 Å². The molecule has 4 nitrogen and oxygen atoms in total. The van der Waals surface area contributed by atoms with Gasteiger partial charge in [0.15, 0.2) is 0 Å². The van der Waals surface area contributed by atoms with E-state index in [1.807, 2.05) is 18.2 Å². The molecule has 0 aliphatic carbocycles. The molecule has 0 bridgehead atoms. The lowest BCUT2D eigenvalue weighted by atomic mass is 9.99. The molecule has 0 saturated heterocycles. The highest BCUT2D eigenvalue weighted by Crippen LogP contribution is 2.42. The van der Waals surface area contributed by atoms with Crippen molar-refractivity contribution in [3.05, 3.63) is 224 Å². The van der Waals surface area contributed by atoms with E-state index < -0.39 is 0 Å². The summed E-state index contributed by atoms with van der Waals surface area (Å²) in [5, 5.41) is 7.11. The summed E-state index contributed by atoms with van der Waals surface area (Å²) < 4.78 is 11.4. The van der Waals surface area contributed by atoms with Gasteiger partial charge in [-0.2, -0.15) is 0 Å². The lowest BCUT2D eigenvalue weighted by Gasteiger charge is -2.12. The summed E-state index contributed by atoms with van der Waals surface area (Å²) in [5.74, 6) is 0. The van der Waals surface area contributed by atoms with Gasteiger partial charge in [0.2, 0.25) is 0 Å². The quantitative estimate of drug-likeness (QED) is 0.168. The molecule has 0 amide bonds. The topological polar surface area (TPSA) is 35.9 Å². The van der Waals surface area contributed by atoms with Crippen LogP contribution in [-0.4, -0.2) is 14.1 Å². The lowest BCUT2D eigenvalue weighted by Crippen LogP contribution is -1.95. The summed E-state index contributed by atoms with van der Waals surface area (Å²) in [7, 11) is 0. The van der Waals surface area contributed by atoms with Crippen LogP contribution in [-0.2, 0) is 0 Å². The van der Waals surface area contributed by atoms with Crippen LogP contribution in [0.5, 0.6) is 0 Å². The number of hydrogen-bond acceptors (Lipinski definition) is 2. The van der Waals surface area contributed by atoms with Crippen molar-refractivity contribution >= 4 is 65.6 Å². The zero-order valence-electron chi connectivity index (χ0n) is 34.1. The third kappa shape index (κ3) is 5.66. The van der Waals surface area contributed by atoms with Crippen LogP contribution in [0.1, 0.15) is 0 Å². The molecule has 0 spiro atoms. The van der Waals surface area contributed by atoms with Crippen molar-refractivity contribution in [1.29, 1.82) is 0 Å². The molecule has 63 heavy (non-hydrogen) atoms. The van der Waals surface area contributed by atoms with E-state index in [0.717, 1.165) is 78.0 Å². The molecular formula is C59H37N3O. The van der Waals surface area contributed by atoms with Crippen molar-refractivity contribution in [3.63, 3.8) is 0 Å². The first-order valence-corrected chi connectivity index (χ1v) is 21.4. The van der Waals surface area contributed by atoms with Crippen LogP contribution >= 0.6 is 0 Å². The number of pyridine rings is 1. The molecule has 0 saturated carbocycles. The molecule has 13 aromatic rings. The normalized spacial score (nSPS) is 11.8. The van der Waals surface area contributed by atoms with Gasteiger partial charge in [-0.25, -0.2) is 4.98 Å². The van der Waals surface area contributed by atoms with Gasteiger partial charge >= 0.3 is 0 Å². The minimum atomic E-state index is 0.895. The van der Waals surface area contributed by atoms with Crippen molar-refractivity contribution in [2.45, 2.75) is 0 Å². The summed E-state index contributed by atoms with van der Waals surface area (Å²) in [6.07, 6.45) is 0. The number of rotatable bonds is 6. The fraction of sp³-hybridized carbons (Fsp3) is 0. The third-order valence-electron chi connectivity index (χ3n) is 12.7. The molecule has 0 unspecified atom stereocenters. The predicted molar refractivity (Wildman–Crippen MR) is 262 cm³/mol. The highest BCUT2D eigenvalue weighted by atomic mass is 16.3. The summed E-state index contributed by atoms with van der Waals surface area (Å²) >= 11 is 0. The van der Waals surface area contributed by atoms with Crippen molar-refractivity contribution in [2.75, 3.05) is 0 Å². The highest BCUT2D eigenvalue weighted by Gasteiger charge is 2.19. The molecular weight excluding hydrogens is 767 g/mol. The first kappa shape index (κ1) is 35.3. The predicted octanol–water partition coefficient (Wildman–Crippen LogP) is 15.8. The molecule has 0 radical (unpaired) electrons. The molecule has 4 heterocycles. The monoisotopic (exact) mass is 803 g/mol. The smallest absolute Gasteiger partial charge is 0.143 e. The second-order valence-electron chi connectivity index (χ2n) is 16.3. The molecule has 9 aromatic carbocycles. The second kappa shape index (κ2) is 14.1. The Balaban J connectivity index is 1.02. The van der Waals surface area contributed by atoms with Gasteiger partial charge in [0, 0.05) is 60.4 Å². The molecule has 0 atom stereocenters. The van der Waals surface area contributed by atoms with Gasteiger partial charge in [0.1, 0.15) is 11.2 Å². The fourth-order valence-electron chi connectivity index (χ4n) is 9.80. The van der Waals surface area contributed by atoms with Gasteiger partial charge in [-0.15, -0.1) is 0 Å². The zero-order valence-corrected chi connectivity index (χ0v) is 34.1. The molecule has 0 aliphatic heterocycles. The van der Waals surface area contributed by atoms with Crippen LogP contribution in [0, 0.1) is 0 Å². The Bertz CT molecular complexity index is 3910. The van der Waals surface area contributed by atoms with Crippen LogP contribution < -0.4 is 0 Å². The number of para-hydroxylation sites is 4. The lowest BCUT2D eigenvalue weighted by molar-refractivity contribution is 0.670. The van der Waals surface area contributed by atoms with E-state index in [2.05, 4.69) is 215 Å². The van der Waals surface area contributed by atoms with Crippen LogP contribution in [0.15, 0.2) is 229 Å². The molecule has 0 fully saturated rings. The fourth-order valence-corrected chi connectivity index (χ4v) is 9.80. The minimum absolute atomic E-state index is 0.895. The van der Waals surface area contributed by atoms with E-state index in [0.29, 0.717) is 0 Å². The van der Waals surface area contributed by atoms with E-state index in [-0.39, 0.29) is 0 Å². The van der Waals surface area contributed by atoms with Gasteiger partial charge < -0.3 is 13.6 Å². The number of hydrogen-bond donors (Lipinski definition) is 0. The highest BCUT2D eigenvalue weighted by molar-refractivity contribution is 6.14. The Hall–Kier alpha value is -8.47. The molecule has 0 aliphatic rings. The summed E-state index contributed by atoms with van der Waals surface area (Å²) in [6, 6.07) is 80.3. The number of nitrogens with zero attached hydrogens (tertiary/aromatic N) is 3. The Kier molecular flexibility index (Phi) is 7.87. The minimum Gasteiger partial charge on any atom is -0.455 e. The number of benzene rings is 9. The number of furan rings is 1. The van der Waals surface area contributed by atoms with E-state index in [1.54, 1.807) is 0 Å². The van der Waals surface area contributed by atoms with Crippen molar-refractivity contribution in [1.82, 2.24) is 14.1 Å². The average Bonchev–Trinajstić information content (AvgIpc) is 4.01. The van der Waals surface area contributed by atoms with E-state index in [1.165, 1.54) is 43.7 Å².